The van der Waals surface area contributed by atoms with Crippen molar-refractivity contribution in [3.8, 4) is 0 Å². The van der Waals surface area contributed by atoms with E-state index in [9.17, 15) is 13.2 Å². The molecule has 0 atom stereocenters. The average Bonchev–Trinajstić information content (AvgIpc) is 3.33. The minimum atomic E-state index is -3.27. The Kier molecular flexibility index (Phi) is 6.49. The Balaban J connectivity index is 1.49. The summed E-state index contributed by atoms with van der Waals surface area (Å²) in [6.07, 6.45) is 6.82. The number of rotatable bonds is 7. The zero-order valence-corrected chi connectivity index (χ0v) is 20.2. The summed E-state index contributed by atoms with van der Waals surface area (Å²) < 4.78 is 28.4. The molecule has 2 aliphatic rings. The van der Waals surface area contributed by atoms with Crippen molar-refractivity contribution in [2.75, 3.05) is 22.4 Å². The van der Waals surface area contributed by atoms with Crippen LogP contribution >= 0.6 is 11.8 Å². The number of hydrogen-bond donors (Lipinski definition) is 0. The molecule has 168 valence electrons. The molecule has 4 rings (SSSR count). The molecule has 1 aromatic carbocycles. The number of carbonyl (C=O) groups excluding carboxylic acids is 1. The quantitative estimate of drug-likeness (QED) is 0.442. The third-order valence-corrected chi connectivity index (χ3v) is 9.31. The van der Waals surface area contributed by atoms with Crippen LogP contribution in [0.5, 0.6) is 0 Å². The maximum atomic E-state index is 12.9. The lowest BCUT2D eigenvalue weighted by Crippen LogP contribution is -2.30. The number of thioether (sulfide) groups is 1. The van der Waals surface area contributed by atoms with Gasteiger partial charge in [0.15, 0.2) is 10.9 Å². The fourth-order valence-corrected chi connectivity index (χ4v) is 6.88. The van der Waals surface area contributed by atoms with Crippen LogP contribution in [0.3, 0.4) is 0 Å². The van der Waals surface area contributed by atoms with Crippen molar-refractivity contribution in [1.29, 1.82) is 0 Å². The van der Waals surface area contributed by atoms with Gasteiger partial charge in [-0.15, -0.1) is 0 Å². The highest BCUT2D eigenvalue weighted by Crippen LogP contribution is 2.35. The van der Waals surface area contributed by atoms with Gasteiger partial charge in [-0.05, 0) is 63.8 Å². The van der Waals surface area contributed by atoms with Crippen LogP contribution in [0.15, 0.2) is 23.4 Å². The van der Waals surface area contributed by atoms with Gasteiger partial charge in [-0.25, -0.2) is 13.4 Å². The first kappa shape index (κ1) is 22.4. The summed E-state index contributed by atoms with van der Waals surface area (Å²) in [5.41, 5.74) is 4.53. The topological polar surface area (TPSA) is 72.3 Å². The number of hydrogen-bond acceptors (Lipinski definition) is 5. The van der Waals surface area contributed by atoms with E-state index in [4.69, 9.17) is 4.98 Å². The van der Waals surface area contributed by atoms with E-state index in [2.05, 4.69) is 11.5 Å². The monoisotopic (exact) mass is 461 g/mol. The SMILES string of the molecule is CCS(=O)(=O)N1CCc2cc(C(=O)CSc3nc(C)c(C)n3C3CCCCC3)ccc21. The number of anilines is 1. The molecule has 2 aromatic rings. The largest absolute Gasteiger partial charge is 0.320 e. The van der Waals surface area contributed by atoms with Crippen LogP contribution in [0, 0.1) is 13.8 Å². The third kappa shape index (κ3) is 4.42. The lowest BCUT2D eigenvalue weighted by atomic mass is 9.95. The number of fused-ring (bicyclic) bond motifs is 1. The summed E-state index contributed by atoms with van der Waals surface area (Å²) in [4.78, 5) is 17.7. The number of Topliss-reactive ketones (excluding diaryl/α,β-unsaturated/α-hetero) is 1. The number of benzene rings is 1. The van der Waals surface area contributed by atoms with E-state index in [0.29, 0.717) is 36.0 Å². The fraction of sp³-hybridized carbons (Fsp3) is 0.565. The molecular weight excluding hydrogens is 430 g/mol. The van der Waals surface area contributed by atoms with Gasteiger partial charge < -0.3 is 4.57 Å². The van der Waals surface area contributed by atoms with Gasteiger partial charge in [0.1, 0.15) is 0 Å². The minimum absolute atomic E-state index is 0.0538. The molecule has 0 spiro atoms. The van der Waals surface area contributed by atoms with E-state index in [1.54, 1.807) is 19.1 Å². The van der Waals surface area contributed by atoms with Crippen molar-refractivity contribution in [3.05, 3.63) is 40.7 Å². The Labute approximate surface area is 189 Å². The average molecular weight is 462 g/mol. The van der Waals surface area contributed by atoms with Crippen LogP contribution in [0.4, 0.5) is 5.69 Å². The fourth-order valence-electron chi connectivity index (χ4n) is 4.67. The first-order valence-electron chi connectivity index (χ1n) is 11.2. The number of carbonyl (C=O) groups is 1. The van der Waals surface area contributed by atoms with Gasteiger partial charge >= 0.3 is 0 Å². The molecule has 6 nitrogen and oxygen atoms in total. The lowest BCUT2D eigenvalue weighted by Gasteiger charge is -2.26. The Bertz CT molecular complexity index is 1090. The van der Waals surface area contributed by atoms with Crippen LogP contribution < -0.4 is 4.31 Å². The van der Waals surface area contributed by atoms with Crippen molar-refractivity contribution in [2.45, 2.75) is 70.5 Å². The van der Waals surface area contributed by atoms with Crippen LogP contribution in [0.1, 0.15) is 72.4 Å². The zero-order chi connectivity index (χ0) is 22.2. The number of aromatic nitrogens is 2. The molecular formula is C23H31N3O3S2. The normalized spacial score (nSPS) is 17.2. The first-order valence-corrected chi connectivity index (χ1v) is 13.8. The van der Waals surface area contributed by atoms with Crippen LogP contribution in [0.2, 0.25) is 0 Å². The van der Waals surface area contributed by atoms with Gasteiger partial charge in [0.05, 0.1) is 22.9 Å². The van der Waals surface area contributed by atoms with Crippen LogP contribution in [-0.4, -0.2) is 41.8 Å². The molecule has 1 saturated carbocycles. The second-order valence-electron chi connectivity index (χ2n) is 8.51. The summed E-state index contributed by atoms with van der Waals surface area (Å²) in [5, 5.41) is 0.941. The summed E-state index contributed by atoms with van der Waals surface area (Å²) in [5.74, 6) is 0.465. The Morgan fingerprint density at radius 2 is 1.94 bits per heavy atom. The molecule has 0 radical (unpaired) electrons. The molecule has 0 amide bonds. The number of aryl methyl sites for hydroxylation is 1. The smallest absolute Gasteiger partial charge is 0.234 e. The maximum absolute atomic E-state index is 12.9. The molecule has 8 heteroatoms. The van der Waals surface area contributed by atoms with E-state index in [0.717, 1.165) is 16.4 Å². The number of ketones is 1. The standard InChI is InChI=1S/C23H31N3O3S2/c1-4-31(28,29)25-13-12-18-14-19(10-11-21(18)25)22(27)15-30-23-24-16(2)17(3)26(23)20-8-6-5-7-9-20/h10-11,14,20H,4-9,12-13,15H2,1-3H3. The van der Waals surface area contributed by atoms with Crippen molar-refractivity contribution in [3.63, 3.8) is 0 Å². The molecule has 0 bridgehead atoms. The van der Waals surface area contributed by atoms with Gasteiger partial charge in [-0.3, -0.25) is 9.10 Å². The maximum Gasteiger partial charge on any atom is 0.234 e. The van der Waals surface area contributed by atoms with Gasteiger partial charge in [0, 0.05) is 23.8 Å². The predicted octanol–water partition coefficient (Wildman–Crippen LogP) is 4.69. The molecule has 31 heavy (non-hydrogen) atoms. The van der Waals surface area contributed by atoms with Gasteiger partial charge in [-0.1, -0.05) is 31.0 Å². The molecule has 0 unspecified atom stereocenters. The van der Waals surface area contributed by atoms with Crippen molar-refractivity contribution in [1.82, 2.24) is 9.55 Å². The molecule has 0 saturated heterocycles. The number of imidazole rings is 1. The summed E-state index contributed by atoms with van der Waals surface area (Å²) in [7, 11) is -3.27. The van der Waals surface area contributed by atoms with E-state index in [1.807, 2.05) is 13.0 Å². The highest BCUT2D eigenvalue weighted by atomic mass is 32.2. The highest BCUT2D eigenvalue weighted by Gasteiger charge is 2.29. The predicted molar refractivity (Wildman–Crippen MR) is 126 cm³/mol. The second-order valence-corrected chi connectivity index (χ2v) is 11.6. The zero-order valence-electron chi connectivity index (χ0n) is 18.6. The summed E-state index contributed by atoms with van der Waals surface area (Å²) in [6, 6.07) is 5.90. The van der Waals surface area contributed by atoms with Gasteiger partial charge in [0.2, 0.25) is 10.0 Å². The number of sulfonamides is 1. The number of nitrogens with zero attached hydrogens (tertiary/aromatic N) is 3. The molecule has 1 aromatic heterocycles. The Hall–Kier alpha value is -1.80. The van der Waals surface area contributed by atoms with Crippen LogP contribution in [-0.2, 0) is 16.4 Å². The van der Waals surface area contributed by atoms with E-state index in [1.165, 1.54) is 53.9 Å². The third-order valence-electron chi connectivity index (χ3n) is 6.58. The van der Waals surface area contributed by atoms with E-state index in [-0.39, 0.29) is 11.5 Å². The molecule has 1 aliphatic heterocycles. The molecule has 0 N–H and O–H groups in total. The van der Waals surface area contributed by atoms with E-state index < -0.39 is 10.0 Å². The summed E-state index contributed by atoms with van der Waals surface area (Å²) >= 11 is 1.52. The molecule has 1 aliphatic carbocycles. The van der Waals surface area contributed by atoms with Crippen molar-refractivity contribution < 1.29 is 13.2 Å². The van der Waals surface area contributed by atoms with Crippen molar-refractivity contribution in [2.24, 2.45) is 0 Å². The Morgan fingerprint density at radius 3 is 2.65 bits per heavy atom. The van der Waals surface area contributed by atoms with E-state index >= 15 is 0 Å². The molecule has 1 fully saturated rings. The molecule has 2 heterocycles. The Morgan fingerprint density at radius 1 is 1.19 bits per heavy atom. The first-order chi connectivity index (χ1) is 14.8. The second kappa shape index (κ2) is 8.98. The summed E-state index contributed by atoms with van der Waals surface area (Å²) in [6.45, 7) is 6.27. The van der Waals surface area contributed by atoms with Gasteiger partial charge in [0.25, 0.3) is 0 Å². The lowest BCUT2D eigenvalue weighted by molar-refractivity contribution is 0.102. The minimum Gasteiger partial charge on any atom is -0.320 e. The van der Waals surface area contributed by atoms with Crippen molar-refractivity contribution >= 4 is 33.3 Å². The van der Waals surface area contributed by atoms with Gasteiger partial charge in [-0.2, -0.15) is 0 Å². The highest BCUT2D eigenvalue weighted by molar-refractivity contribution is 7.99. The van der Waals surface area contributed by atoms with Crippen LogP contribution in [0.25, 0.3) is 0 Å².